The highest BCUT2D eigenvalue weighted by molar-refractivity contribution is 6.20. The summed E-state index contributed by atoms with van der Waals surface area (Å²) in [4.78, 5) is 2.10. The summed E-state index contributed by atoms with van der Waals surface area (Å²) < 4.78 is 48.4. The summed E-state index contributed by atoms with van der Waals surface area (Å²) in [6, 6.07) is 48.0. The van der Waals surface area contributed by atoms with E-state index in [1.807, 2.05) is 91.0 Å². The van der Waals surface area contributed by atoms with Crippen molar-refractivity contribution in [2.45, 2.75) is 0 Å². The topological polar surface area (TPSA) is 13.1 Å². The van der Waals surface area contributed by atoms with Gasteiger partial charge in [0.25, 0.3) is 0 Å². The molecule has 0 aliphatic carbocycles. The van der Waals surface area contributed by atoms with Crippen LogP contribution in [0.25, 0.3) is 55.0 Å². The number of fused-ring (bicyclic) bond motifs is 6. The van der Waals surface area contributed by atoms with Crippen LogP contribution in [0.15, 0.2) is 158 Å². The van der Waals surface area contributed by atoms with Gasteiger partial charge in [-0.25, -0.2) is 13.2 Å². The smallest absolute Gasteiger partial charge is 0.125 e. The van der Waals surface area contributed by atoms with E-state index in [2.05, 4.69) is 26.2 Å². The summed E-state index contributed by atoms with van der Waals surface area (Å²) >= 11 is 0. The van der Waals surface area contributed by atoms with Gasteiger partial charge in [0.1, 0.15) is 17.5 Å². The average Bonchev–Trinajstić information content (AvgIpc) is 3.62. The van der Waals surface area contributed by atoms with Crippen LogP contribution in [0.5, 0.6) is 0 Å². The second-order valence-corrected chi connectivity index (χ2v) is 11.8. The normalized spacial score (nSPS) is 11.6. The average molecular weight is 630 g/mol. The van der Waals surface area contributed by atoms with Gasteiger partial charge in [-0.2, -0.15) is 0 Å². The van der Waals surface area contributed by atoms with Gasteiger partial charge in [-0.05, 0) is 91.0 Å². The van der Waals surface area contributed by atoms with E-state index >= 15 is 4.39 Å². The van der Waals surface area contributed by atoms with Crippen molar-refractivity contribution in [3.05, 3.63) is 175 Å². The Morgan fingerprint density at radius 3 is 1.27 bits per heavy atom. The Morgan fingerprint density at radius 1 is 0.375 bits per heavy atom. The van der Waals surface area contributed by atoms with E-state index in [0.717, 1.165) is 55.0 Å². The van der Waals surface area contributed by atoms with Crippen LogP contribution in [0.4, 0.5) is 30.2 Å². The maximum atomic E-state index is 15.1. The molecule has 0 fully saturated rings. The largest absolute Gasteiger partial charge is 0.309 e. The Labute approximate surface area is 273 Å². The first-order valence-corrected chi connectivity index (χ1v) is 15.7. The van der Waals surface area contributed by atoms with Gasteiger partial charge in [-0.1, -0.05) is 66.7 Å². The molecule has 3 nitrogen and oxygen atoms in total. The fourth-order valence-corrected chi connectivity index (χ4v) is 7.18. The van der Waals surface area contributed by atoms with Gasteiger partial charge in [-0.15, -0.1) is 0 Å². The highest BCUT2D eigenvalue weighted by Crippen LogP contribution is 2.47. The van der Waals surface area contributed by atoms with E-state index in [1.165, 1.54) is 36.4 Å². The first-order chi connectivity index (χ1) is 23.6. The molecule has 2 heterocycles. The summed E-state index contributed by atoms with van der Waals surface area (Å²) in [6.45, 7) is 0. The van der Waals surface area contributed by atoms with Crippen LogP contribution in [0.1, 0.15) is 0 Å². The molecular weight excluding hydrogens is 603 g/mol. The Bertz CT molecular complexity index is 2520. The lowest BCUT2D eigenvalue weighted by molar-refractivity contribution is 0.626. The zero-order valence-electron chi connectivity index (χ0n) is 25.5. The molecule has 0 spiro atoms. The molecule has 0 unspecified atom stereocenters. The lowest BCUT2D eigenvalue weighted by atomic mass is 10.1. The molecule has 0 bridgehead atoms. The Kier molecular flexibility index (Phi) is 6.37. The predicted octanol–water partition coefficient (Wildman–Crippen LogP) is 11.8. The SMILES string of the molecule is Fc1cccc(N(c2cccc3c2c2ccccc2n3-c2cccc(F)c2)c2cccc3c2c2ccccc2n3-c2cccc(F)c2)c1. The van der Waals surface area contributed by atoms with Crippen molar-refractivity contribution in [3.8, 4) is 11.4 Å². The molecule has 6 heteroatoms. The number of benzene rings is 7. The third kappa shape index (κ3) is 4.30. The fraction of sp³-hybridized carbons (Fsp3) is 0. The molecule has 9 aromatic rings. The van der Waals surface area contributed by atoms with Gasteiger partial charge in [0, 0.05) is 38.6 Å². The minimum absolute atomic E-state index is 0.322. The van der Waals surface area contributed by atoms with Gasteiger partial charge in [0.05, 0.1) is 33.4 Å². The molecular formula is C42H26F3N3. The molecule has 0 radical (unpaired) electrons. The van der Waals surface area contributed by atoms with Gasteiger partial charge < -0.3 is 14.0 Å². The van der Waals surface area contributed by atoms with Gasteiger partial charge >= 0.3 is 0 Å². The van der Waals surface area contributed by atoms with Crippen LogP contribution in [-0.4, -0.2) is 9.13 Å². The number of rotatable bonds is 5. The third-order valence-electron chi connectivity index (χ3n) is 9.03. The molecule has 0 aliphatic heterocycles. The van der Waals surface area contributed by atoms with E-state index in [9.17, 15) is 8.78 Å². The number of halogens is 3. The molecule has 0 amide bonds. The van der Waals surface area contributed by atoms with E-state index in [1.54, 1.807) is 18.2 Å². The van der Waals surface area contributed by atoms with Crippen LogP contribution >= 0.6 is 0 Å². The highest BCUT2D eigenvalue weighted by Gasteiger charge is 2.25. The number of para-hydroxylation sites is 2. The molecule has 0 saturated carbocycles. The fourth-order valence-electron chi connectivity index (χ4n) is 7.18. The molecule has 7 aromatic carbocycles. The lowest BCUT2D eigenvalue weighted by Gasteiger charge is -2.27. The van der Waals surface area contributed by atoms with Crippen molar-refractivity contribution in [3.63, 3.8) is 0 Å². The molecule has 0 saturated heterocycles. The van der Waals surface area contributed by atoms with Crippen molar-refractivity contribution < 1.29 is 13.2 Å². The van der Waals surface area contributed by atoms with E-state index < -0.39 is 0 Å². The van der Waals surface area contributed by atoms with Crippen molar-refractivity contribution in [1.29, 1.82) is 0 Å². The molecule has 48 heavy (non-hydrogen) atoms. The van der Waals surface area contributed by atoms with Crippen molar-refractivity contribution >= 4 is 60.7 Å². The molecule has 2 aromatic heterocycles. The summed E-state index contributed by atoms with van der Waals surface area (Å²) in [5.74, 6) is -1.00. The number of nitrogens with zero attached hydrogens (tertiary/aromatic N) is 3. The van der Waals surface area contributed by atoms with Crippen molar-refractivity contribution in [2.24, 2.45) is 0 Å². The summed E-state index contributed by atoms with van der Waals surface area (Å²) in [7, 11) is 0. The van der Waals surface area contributed by atoms with Gasteiger partial charge in [0.15, 0.2) is 0 Å². The lowest BCUT2D eigenvalue weighted by Crippen LogP contribution is -2.11. The first kappa shape index (κ1) is 28.0. The zero-order chi connectivity index (χ0) is 32.4. The number of aromatic nitrogens is 2. The van der Waals surface area contributed by atoms with Crippen LogP contribution < -0.4 is 4.90 Å². The van der Waals surface area contributed by atoms with Gasteiger partial charge in [0.2, 0.25) is 0 Å². The van der Waals surface area contributed by atoms with Crippen molar-refractivity contribution in [2.75, 3.05) is 4.90 Å². The standard InChI is InChI=1S/C42H26F3N3/c43-27-10-5-13-30(24-27)46-35-18-3-1-16-33(35)41-37(46)20-8-22-39(41)48(32-15-7-12-29(45)26-32)40-23-9-21-38-42(40)34-17-2-4-19-36(34)47(38)31-14-6-11-28(44)25-31/h1-26H. The molecule has 0 N–H and O–H groups in total. The molecule has 0 aliphatic rings. The van der Waals surface area contributed by atoms with Crippen molar-refractivity contribution in [1.82, 2.24) is 9.13 Å². The monoisotopic (exact) mass is 629 g/mol. The number of hydrogen-bond donors (Lipinski definition) is 0. The van der Waals surface area contributed by atoms with E-state index in [0.29, 0.717) is 17.1 Å². The Hall–Kier alpha value is -6.27. The maximum absolute atomic E-state index is 15.1. The second-order valence-electron chi connectivity index (χ2n) is 11.8. The Morgan fingerprint density at radius 2 is 0.792 bits per heavy atom. The number of anilines is 3. The summed E-state index contributed by atoms with van der Waals surface area (Å²) in [6.07, 6.45) is 0. The third-order valence-corrected chi connectivity index (χ3v) is 9.03. The van der Waals surface area contributed by atoms with Crippen LogP contribution in [0, 0.1) is 17.5 Å². The zero-order valence-corrected chi connectivity index (χ0v) is 25.5. The van der Waals surface area contributed by atoms with Gasteiger partial charge in [-0.3, -0.25) is 0 Å². The van der Waals surface area contributed by atoms with Crippen LogP contribution in [0.2, 0.25) is 0 Å². The predicted molar refractivity (Wildman–Crippen MR) is 190 cm³/mol. The molecule has 9 rings (SSSR count). The molecule has 230 valence electrons. The van der Waals surface area contributed by atoms with Crippen LogP contribution in [-0.2, 0) is 0 Å². The maximum Gasteiger partial charge on any atom is 0.125 e. The Balaban J connectivity index is 1.41. The minimum Gasteiger partial charge on any atom is -0.309 e. The molecule has 0 atom stereocenters. The highest BCUT2D eigenvalue weighted by atomic mass is 19.1. The quantitative estimate of drug-likeness (QED) is 0.185. The minimum atomic E-state index is -0.360. The summed E-state index contributed by atoms with van der Waals surface area (Å²) in [5.41, 5.74) is 7.33. The van der Waals surface area contributed by atoms with Crippen LogP contribution in [0.3, 0.4) is 0 Å². The first-order valence-electron chi connectivity index (χ1n) is 15.7. The summed E-state index contributed by atoms with van der Waals surface area (Å²) in [5, 5.41) is 3.83. The van der Waals surface area contributed by atoms with E-state index in [-0.39, 0.29) is 17.5 Å². The second kappa shape index (κ2) is 10.9. The number of hydrogen-bond acceptors (Lipinski definition) is 1. The van der Waals surface area contributed by atoms with E-state index in [4.69, 9.17) is 0 Å².